The summed E-state index contributed by atoms with van der Waals surface area (Å²) < 4.78 is 31.2. The average molecular weight is 600 g/mol. The third-order valence-corrected chi connectivity index (χ3v) is 6.91. The summed E-state index contributed by atoms with van der Waals surface area (Å²) in [5, 5.41) is 0. The third-order valence-electron chi connectivity index (χ3n) is 5.71. The number of nitrogens with zero attached hydrogens (tertiary/aromatic N) is 1. The molecular weight excluding hydrogens is 565 g/mol. The molecule has 3 rings (SSSR count). The molecule has 0 aliphatic rings. The molecule has 0 saturated carbocycles. The first kappa shape index (κ1) is 31.5. The molecule has 3 aromatic rings. The Hall–Kier alpha value is -1.56. The van der Waals surface area contributed by atoms with Crippen molar-refractivity contribution < 1.29 is 25.7 Å². The Kier molecular flexibility index (Phi) is 13.4. The molecule has 0 bridgehead atoms. The van der Waals surface area contributed by atoms with E-state index in [1.807, 2.05) is 96.2 Å². The standard InChI is InChI=1S/C27H32N2O2S.CH3.ClH.Ru/c1-19(2)23-16-11-17-24(20(3)4)25(23)18-32(30,31)29-27(22-14-9-6-10-15-22)26(28)21-12-7-5-8-13-21;;;/h5-17,19-20,26-28H,18H2,1-4H3;1H3;1H;/q-2;-1;;+4/p-1. The van der Waals surface area contributed by atoms with Gasteiger partial charge in [0.15, 0.2) is 0 Å². The zero-order valence-electron chi connectivity index (χ0n) is 20.9. The first-order valence-electron chi connectivity index (χ1n) is 11.2. The second-order valence-electron chi connectivity index (χ2n) is 8.80. The first-order valence-corrected chi connectivity index (χ1v) is 15.0. The number of nitrogens with one attached hydrogen (secondary N) is 1. The Balaban J connectivity index is 0.00000199. The van der Waals surface area contributed by atoms with E-state index in [2.05, 4.69) is 42.1 Å². The van der Waals surface area contributed by atoms with Crippen LogP contribution in [0.4, 0.5) is 0 Å². The summed E-state index contributed by atoms with van der Waals surface area (Å²) in [5.41, 5.74) is 13.2. The fraction of sp³-hybridized carbons (Fsp3) is 0.321. The molecular formula is C28H35ClN2O2RuS. The van der Waals surface area contributed by atoms with E-state index in [9.17, 15) is 8.42 Å². The molecule has 0 saturated heterocycles. The van der Waals surface area contributed by atoms with E-state index < -0.39 is 22.1 Å². The summed E-state index contributed by atoms with van der Waals surface area (Å²) >= 11 is 1.82. The van der Waals surface area contributed by atoms with Crippen molar-refractivity contribution in [3.63, 3.8) is 0 Å². The van der Waals surface area contributed by atoms with E-state index in [0.29, 0.717) is 0 Å². The molecule has 2 atom stereocenters. The summed E-state index contributed by atoms with van der Waals surface area (Å²) in [5.74, 6) is 0.258. The molecule has 0 aromatic heterocycles. The van der Waals surface area contributed by atoms with Crippen molar-refractivity contribution in [1.82, 2.24) is 0 Å². The predicted octanol–water partition coefficient (Wildman–Crippen LogP) is 8.81. The van der Waals surface area contributed by atoms with Crippen LogP contribution in [0.2, 0.25) is 0 Å². The number of hydrogen-bond donors (Lipinski definition) is 0. The zero-order valence-corrected chi connectivity index (χ0v) is 24.2. The summed E-state index contributed by atoms with van der Waals surface area (Å²) in [6, 6.07) is 23.0. The molecule has 0 aliphatic heterocycles. The molecule has 0 spiro atoms. The minimum atomic E-state index is -3.84. The quantitative estimate of drug-likeness (QED) is 0.182. The summed E-state index contributed by atoms with van der Waals surface area (Å²) in [7, 11) is 0.727. The molecule has 2 unspecified atom stereocenters. The van der Waals surface area contributed by atoms with Gasteiger partial charge in [-0.25, -0.2) is 8.42 Å². The van der Waals surface area contributed by atoms with Crippen LogP contribution in [0.15, 0.2) is 78.9 Å². The topological polar surface area (TPSA) is 72.0 Å². The molecule has 35 heavy (non-hydrogen) atoms. The van der Waals surface area contributed by atoms with Gasteiger partial charge in [0.1, 0.15) is 0 Å². The molecule has 7 heteroatoms. The molecule has 1 N–H and O–H groups in total. The van der Waals surface area contributed by atoms with Gasteiger partial charge in [0.25, 0.3) is 0 Å². The minimum absolute atomic E-state index is 0. The average Bonchev–Trinajstić information content (AvgIpc) is 2.84. The number of sulfonamides is 1. The summed E-state index contributed by atoms with van der Waals surface area (Å²) in [6.07, 6.45) is 0. The van der Waals surface area contributed by atoms with Crippen LogP contribution < -0.4 is 0 Å². The SMILES string of the molecule is CC(C)c1cccc(C(C)C)c1CS(=O)(=O)[N-]C(c1ccccc1)C([NH-])c1ccccc1.[CH3-].[Cl][Ru+3]. The summed E-state index contributed by atoms with van der Waals surface area (Å²) in [6.45, 7) is 8.31. The number of hydrogen-bond acceptors (Lipinski definition) is 2. The van der Waals surface area contributed by atoms with E-state index in [4.69, 9.17) is 5.73 Å². The molecule has 3 aromatic carbocycles. The maximum atomic E-state index is 13.4. The molecule has 190 valence electrons. The van der Waals surface area contributed by atoms with Gasteiger partial charge in [-0.15, -0.1) is 12.1 Å². The van der Waals surface area contributed by atoms with Crippen molar-refractivity contribution in [1.29, 1.82) is 0 Å². The van der Waals surface area contributed by atoms with Crippen LogP contribution >= 0.6 is 9.69 Å². The van der Waals surface area contributed by atoms with E-state index in [1.165, 1.54) is 0 Å². The van der Waals surface area contributed by atoms with Crippen LogP contribution in [-0.4, -0.2) is 8.42 Å². The Morgan fingerprint density at radius 2 is 1.20 bits per heavy atom. The summed E-state index contributed by atoms with van der Waals surface area (Å²) in [4.78, 5) is 0. The van der Waals surface area contributed by atoms with Crippen molar-refractivity contribution in [3.8, 4) is 0 Å². The Morgan fingerprint density at radius 3 is 1.63 bits per heavy atom. The van der Waals surface area contributed by atoms with Crippen LogP contribution in [0, 0.1) is 7.43 Å². The van der Waals surface area contributed by atoms with Gasteiger partial charge < -0.3 is 17.9 Å². The molecule has 0 amide bonds. The monoisotopic (exact) mass is 600 g/mol. The van der Waals surface area contributed by atoms with Crippen molar-refractivity contribution >= 4 is 19.7 Å². The Morgan fingerprint density at radius 1 is 0.771 bits per heavy atom. The zero-order chi connectivity index (χ0) is 25.3. The second kappa shape index (κ2) is 14.9. The maximum absolute atomic E-state index is 13.4. The Bertz CT molecular complexity index is 1100. The van der Waals surface area contributed by atoms with Crippen molar-refractivity contribution in [3.05, 3.63) is 125 Å². The van der Waals surface area contributed by atoms with E-state index in [0.717, 1.165) is 27.8 Å². The predicted molar refractivity (Wildman–Crippen MR) is 146 cm³/mol. The number of benzene rings is 3. The van der Waals surface area contributed by atoms with Gasteiger partial charge in [-0.3, -0.25) is 0 Å². The number of halogens is 1. The number of rotatable bonds is 9. The van der Waals surface area contributed by atoms with Gasteiger partial charge in [0.05, 0.1) is 15.8 Å². The molecule has 4 nitrogen and oxygen atoms in total. The van der Waals surface area contributed by atoms with Crippen molar-refractivity contribution in [2.75, 3.05) is 0 Å². The van der Waals surface area contributed by atoms with E-state index in [-0.39, 0.29) is 25.0 Å². The van der Waals surface area contributed by atoms with E-state index >= 15 is 0 Å². The Labute approximate surface area is 226 Å². The fourth-order valence-electron chi connectivity index (χ4n) is 4.07. The molecule has 0 fully saturated rings. The fourth-order valence-corrected chi connectivity index (χ4v) is 5.43. The molecule has 0 heterocycles. The first-order chi connectivity index (χ1) is 16.2. The van der Waals surface area contributed by atoms with Gasteiger partial charge in [-0.05, 0) is 28.5 Å². The normalized spacial score (nSPS) is 12.9. The van der Waals surface area contributed by atoms with Crippen molar-refractivity contribution in [2.24, 2.45) is 0 Å². The van der Waals surface area contributed by atoms with Gasteiger partial charge in [-0.2, -0.15) is 0 Å². The van der Waals surface area contributed by atoms with Crippen LogP contribution in [0.5, 0.6) is 0 Å². The van der Waals surface area contributed by atoms with Crippen molar-refractivity contribution in [2.45, 2.75) is 57.4 Å². The second-order valence-corrected chi connectivity index (χ2v) is 10.5. The van der Waals surface area contributed by atoms with Gasteiger partial charge in [0.2, 0.25) is 0 Å². The third kappa shape index (κ3) is 8.80. The van der Waals surface area contributed by atoms with Crippen LogP contribution in [0.3, 0.4) is 0 Å². The van der Waals surface area contributed by atoms with Gasteiger partial charge >= 0.3 is 27.0 Å². The van der Waals surface area contributed by atoms with Gasteiger partial charge in [-0.1, -0.05) is 118 Å². The van der Waals surface area contributed by atoms with Crippen LogP contribution in [-0.2, 0) is 33.1 Å². The van der Waals surface area contributed by atoms with Crippen LogP contribution in [0.1, 0.15) is 79.4 Å². The van der Waals surface area contributed by atoms with E-state index in [1.54, 1.807) is 0 Å². The van der Waals surface area contributed by atoms with Crippen LogP contribution in [0.25, 0.3) is 10.5 Å². The van der Waals surface area contributed by atoms with Gasteiger partial charge in [0, 0.05) is 0 Å². The molecule has 0 radical (unpaired) electrons. The molecule has 0 aliphatic carbocycles.